The van der Waals surface area contributed by atoms with E-state index < -0.39 is 0 Å². The minimum atomic E-state index is -0.0314. The van der Waals surface area contributed by atoms with E-state index >= 15 is 0 Å². The third-order valence-electron chi connectivity index (χ3n) is 4.63. The first-order valence-corrected chi connectivity index (χ1v) is 10.0. The van der Waals surface area contributed by atoms with E-state index in [2.05, 4.69) is 20.6 Å². The maximum absolute atomic E-state index is 12.1. The molecule has 0 radical (unpaired) electrons. The predicted molar refractivity (Wildman–Crippen MR) is 107 cm³/mol. The summed E-state index contributed by atoms with van der Waals surface area (Å²) in [6.07, 6.45) is 6.05. The van der Waals surface area contributed by atoms with Crippen molar-refractivity contribution in [1.29, 1.82) is 0 Å². The lowest BCUT2D eigenvalue weighted by Crippen LogP contribution is -2.34. The Kier molecular flexibility index (Phi) is 6.32. The summed E-state index contributed by atoms with van der Waals surface area (Å²) in [5.74, 6) is 2.06. The third-order valence-corrected chi connectivity index (χ3v) is 5.86. The van der Waals surface area contributed by atoms with Crippen LogP contribution in [0.4, 0.5) is 11.8 Å². The van der Waals surface area contributed by atoms with Crippen LogP contribution in [0.15, 0.2) is 24.4 Å². The maximum atomic E-state index is 12.1. The first kappa shape index (κ1) is 18.9. The Hall–Kier alpha value is -1.86. The van der Waals surface area contributed by atoms with Gasteiger partial charge >= 0.3 is 0 Å². The Morgan fingerprint density at radius 3 is 2.69 bits per heavy atom. The number of anilines is 2. The van der Waals surface area contributed by atoms with Crippen LogP contribution in [0.1, 0.15) is 35.4 Å². The molecule has 1 amide bonds. The van der Waals surface area contributed by atoms with E-state index in [1.54, 1.807) is 18.3 Å². The fourth-order valence-corrected chi connectivity index (χ4v) is 4.08. The molecule has 8 heteroatoms. The quantitative estimate of drug-likeness (QED) is 0.783. The van der Waals surface area contributed by atoms with E-state index in [4.69, 9.17) is 11.6 Å². The Bertz CT molecular complexity index is 743. The number of halogens is 1. The van der Waals surface area contributed by atoms with E-state index in [0.717, 1.165) is 31.5 Å². The van der Waals surface area contributed by atoms with Crippen LogP contribution in [0, 0.1) is 5.92 Å². The van der Waals surface area contributed by atoms with Gasteiger partial charge in [-0.1, -0.05) is 11.6 Å². The zero-order valence-electron chi connectivity index (χ0n) is 15.0. The van der Waals surface area contributed by atoms with Crippen molar-refractivity contribution < 1.29 is 4.79 Å². The second-order valence-corrected chi connectivity index (χ2v) is 8.52. The molecule has 0 aliphatic heterocycles. The number of carbonyl (C=O) groups is 1. The zero-order valence-corrected chi connectivity index (χ0v) is 16.6. The number of rotatable bonds is 6. The molecular weight excluding hydrogens is 370 g/mol. The highest BCUT2D eigenvalue weighted by atomic mass is 35.5. The van der Waals surface area contributed by atoms with Gasteiger partial charge in [-0.15, -0.1) is 11.3 Å². The molecule has 2 aromatic heterocycles. The van der Waals surface area contributed by atoms with Crippen LogP contribution in [-0.2, 0) is 0 Å². The topological polar surface area (TPSA) is 70.2 Å². The Morgan fingerprint density at radius 1 is 1.27 bits per heavy atom. The summed E-state index contributed by atoms with van der Waals surface area (Å²) in [6, 6.07) is 5.80. The Labute approximate surface area is 163 Å². The number of hydrogen-bond donors (Lipinski definition) is 2. The van der Waals surface area contributed by atoms with Crippen LogP contribution < -0.4 is 15.5 Å². The van der Waals surface area contributed by atoms with E-state index in [1.807, 2.05) is 25.1 Å². The molecule has 1 fully saturated rings. The summed E-state index contributed by atoms with van der Waals surface area (Å²) in [4.78, 5) is 23.6. The van der Waals surface area contributed by atoms with Gasteiger partial charge in [0, 0.05) is 32.9 Å². The number of nitrogens with zero attached hydrogens (tertiary/aromatic N) is 3. The van der Waals surface area contributed by atoms with Crippen molar-refractivity contribution in [3.63, 3.8) is 0 Å². The number of nitrogens with one attached hydrogen (secondary N) is 2. The fourth-order valence-electron chi connectivity index (χ4n) is 3.12. The third kappa shape index (κ3) is 5.08. The highest BCUT2D eigenvalue weighted by Gasteiger charge is 2.22. The standard InChI is InChI=1S/C18H24ClN5OS/c1-24(2)16-9-10-20-18(23-16)22-13-5-3-12(4-6-13)11-21-17(25)14-7-8-15(19)26-14/h7-10,12-13H,3-6,11H2,1-2H3,(H,21,25)(H,20,22,23)/t12-,13+. The lowest BCUT2D eigenvalue weighted by Gasteiger charge is -2.29. The molecule has 0 atom stereocenters. The van der Waals surface area contributed by atoms with Crippen LogP contribution in [-0.4, -0.2) is 42.6 Å². The van der Waals surface area contributed by atoms with E-state index in [0.29, 0.717) is 33.7 Å². The number of aromatic nitrogens is 2. The average Bonchev–Trinajstić information content (AvgIpc) is 3.07. The molecule has 1 saturated carbocycles. The van der Waals surface area contributed by atoms with Gasteiger partial charge in [0.15, 0.2) is 0 Å². The molecule has 0 bridgehead atoms. The molecule has 1 aliphatic carbocycles. The lowest BCUT2D eigenvalue weighted by molar-refractivity contribution is 0.0947. The van der Waals surface area contributed by atoms with Crippen LogP contribution in [0.2, 0.25) is 4.34 Å². The Morgan fingerprint density at radius 2 is 2.04 bits per heavy atom. The van der Waals surface area contributed by atoms with Gasteiger partial charge in [-0.05, 0) is 49.8 Å². The van der Waals surface area contributed by atoms with Crippen molar-refractivity contribution in [3.05, 3.63) is 33.6 Å². The van der Waals surface area contributed by atoms with Crippen molar-refractivity contribution >= 4 is 40.6 Å². The molecule has 0 aromatic carbocycles. The summed E-state index contributed by atoms with van der Waals surface area (Å²) < 4.78 is 0.641. The monoisotopic (exact) mass is 393 g/mol. The largest absolute Gasteiger partial charge is 0.363 e. The summed E-state index contributed by atoms with van der Waals surface area (Å²) >= 11 is 7.19. The highest BCUT2D eigenvalue weighted by molar-refractivity contribution is 7.17. The summed E-state index contributed by atoms with van der Waals surface area (Å²) in [7, 11) is 3.94. The van der Waals surface area contributed by atoms with Crippen LogP contribution >= 0.6 is 22.9 Å². The van der Waals surface area contributed by atoms with E-state index in [-0.39, 0.29) is 5.91 Å². The van der Waals surface area contributed by atoms with Gasteiger partial charge in [0.05, 0.1) is 9.21 Å². The van der Waals surface area contributed by atoms with Gasteiger partial charge in [-0.25, -0.2) is 4.98 Å². The number of hydrogen-bond acceptors (Lipinski definition) is 6. The summed E-state index contributed by atoms with van der Waals surface area (Å²) in [5.41, 5.74) is 0. The zero-order chi connectivity index (χ0) is 18.5. The average molecular weight is 394 g/mol. The second-order valence-electron chi connectivity index (χ2n) is 6.81. The minimum Gasteiger partial charge on any atom is -0.363 e. The van der Waals surface area contributed by atoms with E-state index in [9.17, 15) is 4.79 Å². The molecule has 1 aliphatic rings. The van der Waals surface area contributed by atoms with E-state index in [1.165, 1.54) is 11.3 Å². The van der Waals surface area contributed by atoms with Gasteiger partial charge in [-0.2, -0.15) is 4.98 Å². The smallest absolute Gasteiger partial charge is 0.261 e. The molecule has 2 N–H and O–H groups in total. The number of thiophene rings is 1. The highest BCUT2D eigenvalue weighted by Crippen LogP contribution is 2.26. The SMILES string of the molecule is CN(C)c1ccnc(N[C@H]2CC[C@@H](CNC(=O)c3ccc(Cl)s3)CC2)n1. The molecule has 2 heterocycles. The lowest BCUT2D eigenvalue weighted by atomic mass is 9.86. The van der Waals surface area contributed by atoms with Gasteiger partial charge in [0.1, 0.15) is 5.82 Å². The van der Waals surface area contributed by atoms with Crippen molar-refractivity contribution in [3.8, 4) is 0 Å². The van der Waals surface area contributed by atoms with Crippen molar-refractivity contribution in [2.24, 2.45) is 5.92 Å². The molecule has 6 nitrogen and oxygen atoms in total. The van der Waals surface area contributed by atoms with Gasteiger partial charge in [0.2, 0.25) is 5.95 Å². The van der Waals surface area contributed by atoms with Crippen LogP contribution in [0.25, 0.3) is 0 Å². The van der Waals surface area contributed by atoms with Crippen molar-refractivity contribution in [1.82, 2.24) is 15.3 Å². The molecule has 0 spiro atoms. The van der Waals surface area contributed by atoms with Crippen LogP contribution in [0.5, 0.6) is 0 Å². The van der Waals surface area contributed by atoms with Gasteiger partial charge in [0.25, 0.3) is 5.91 Å². The molecule has 0 saturated heterocycles. The minimum absolute atomic E-state index is 0.0314. The number of carbonyl (C=O) groups excluding carboxylic acids is 1. The first-order valence-electron chi connectivity index (χ1n) is 8.81. The molecule has 26 heavy (non-hydrogen) atoms. The molecule has 3 rings (SSSR count). The first-order chi connectivity index (χ1) is 12.5. The predicted octanol–water partition coefficient (Wildman–Crippen LogP) is 3.66. The molecule has 140 valence electrons. The van der Waals surface area contributed by atoms with Gasteiger partial charge < -0.3 is 15.5 Å². The van der Waals surface area contributed by atoms with Crippen molar-refractivity contribution in [2.75, 3.05) is 30.9 Å². The second kappa shape index (κ2) is 8.68. The Balaban J connectivity index is 1.43. The maximum Gasteiger partial charge on any atom is 0.261 e. The molecule has 2 aromatic rings. The normalized spacial score (nSPS) is 19.8. The molecular formula is C18H24ClN5OS. The number of amides is 1. The van der Waals surface area contributed by atoms with Crippen LogP contribution in [0.3, 0.4) is 0 Å². The fraction of sp³-hybridized carbons (Fsp3) is 0.500. The van der Waals surface area contributed by atoms with Crippen molar-refractivity contribution in [2.45, 2.75) is 31.7 Å². The van der Waals surface area contributed by atoms with Gasteiger partial charge in [-0.3, -0.25) is 4.79 Å². The summed E-state index contributed by atoms with van der Waals surface area (Å²) in [6.45, 7) is 0.716. The summed E-state index contributed by atoms with van der Waals surface area (Å²) in [5, 5.41) is 6.47. The molecule has 0 unspecified atom stereocenters.